The summed E-state index contributed by atoms with van der Waals surface area (Å²) in [7, 11) is 0. The average Bonchev–Trinajstić information content (AvgIpc) is 2.51. The fourth-order valence-corrected chi connectivity index (χ4v) is 2.35. The highest BCUT2D eigenvalue weighted by Crippen LogP contribution is 2.34. The van der Waals surface area contributed by atoms with Gasteiger partial charge in [-0.3, -0.25) is 0 Å². The topological polar surface area (TPSA) is 14.2 Å². The fraction of sp³-hybridized carbons (Fsp3) is 0.333. The van der Waals surface area contributed by atoms with Crippen molar-refractivity contribution in [1.29, 1.82) is 0 Å². The lowest BCUT2D eigenvalue weighted by Crippen LogP contribution is -2.19. The van der Waals surface area contributed by atoms with E-state index in [-0.39, 0.29) is 0 Å². The molecule has 0 saturated heterocycles. The summed E-state index contributed by atoms with van der Waals surface area (Å²) in [6, 6.07) is 8.91. The maximum Gasteiger partial charge on any atom is 0.143 e. The molecule has 0 N–H and O–H groups in total. The normalized spacial score (nSPS) is 19.7. The Morgan fingerprint density at radius 3 is 3.14 bits per heavy atom. The first-order valence-electron chi connectivity index (χ1n) is 5.01. The standard InChI is InChI=1S/C12H13NO/c1-8-6-10-4-3-5-11-12(10)13(8)9(2)7-14-11/h3-6,9H,7H2,1-2H3. The number of benzene rings is 1. The molecule has 1 aromatic carbocycles. The molecule has 1 aliphatic heterocycles. The van der Waals surface area contributed by atoms with Gasteiger partial charge in [0.2, 0.25) is 0 Å². The predicted molar refractivity (Wildman–Crippen MR) is 56.9 cm³/mol. The number of nitrogens with zero attached hydrogens (tertiary/aromatic N) is 1. The monoisotopic (exact) mass is 187 g/mol. The van der Waals surface area contributed by atoms with Crippen LogP contribution in [0.1, 0.15) is 18.7 Å². The van der Waals surface area contributed by atoms with E-state index < -0.39 is 0 Å². The van der Waals surface area contributed by atoms with Gasteiger partial charge >= 0.3 is 0 Å². The summed E-state index contributed by atoms with van der Waals surface area (Å²) in [5, 5.41) is 1.28. The Balaban J connectivity index is 2.48. The first-order chi connectivity index (χ1) is 6.77. The van der Waals surface area contributed by atoms with Crippen molar-refractivity contribution in [3.05, 3.63) is 30.0 Å². The van der Waals surface area contributed by atoms with Crippen LogP contribution in [0.5, 0.6) is 5.75 Å². The van der Waals surface area contributed by atoms with Gasteiger partial charge < -0.3 is 9.30 Å². The Morgan fingerprint density at radius 1 is 1.43 bits per heavy atom. The molecule has 0 spiro atoms. The molecule has 14 heavy (non-hydrogen) atoms. The summed E-state index contributed by atoms with van der Waals surface area (Å²) < 4.78 is 8.07. The minimum atomic E-state index is 0.447. The van der Waals surface area contributed by atoms with E-state index in [2.05, 4.69) is 36.6 Å². The lowest BCUT2D eigenvalue weighted by atomic mass is 10.2. The summed E-state index contributed by atoms with van der Waals surface area (Å²) in [6.45, 7) is 5.13. The number of aromatic nitrogens is 1. The van der Waals surface area contributed by atoms with Crippen molar-refractivity contribution in [2.45, 2.75) is 19.9 Å². The van der Waals surface area contributed by atoms with E-state index in [1.54, 1.807) is 0 Å². The number of para-hydroxylation sites is 1. The Morgan fingerprint density at radius 2 is 2.29 bits per heavy atom. The SMILES string of the molecule is Cc1cc2cccc3c2n1C(C)CO3. The second kappa shape index (κ2) is 2.53. The van der Waals surface area contributed by atoms with E-state index in [0.29, 0.717) is 6.04 Å². The third-order valence-corrected chi connectivity index (χ3v) is 2.94. The molecule has 0 amide bonds. The molecule has 1 atom stereocenters. The Kier molecular flexibility index (Phi) is 1.43. The zero-order valence-electron chi connectivity index (χ0n) is 8.45. The van der Waals surface area contributed by atoms with Crippen molar-refractivity contribution < 1.29 is 4.74 Å². The van der Waals surface area contributed by atoms with Gasteiger partial charge in [-0.25, -0.2) is 0 Å². The van der Waals surface area contributed by atoms with Gasteiger partial charge in [0.25, 0.3) is 0 Å². The summed E-state index contributed by atoms with van der Waals surface area (Å²) in [5.41, 5.74) is 2.58. The molecule has 1 aliphatic rings. The molecule has 2 heterocycles. The third-order valence-electron chi connectivity index (χ3n) is 2.94. The number of hydrogen-bond donors (Lipinski definition) is 0. The van der Waals surface area contributed by atoms with Crippen molar-refractivity contribution in [3.8, 4) is 5.75 Å². The van der Waals surface area contributed by atoms with Crippen LogP contribution in [-0.2, 0) is 0 Å². The summed E-state index contributed by atoms with van der Waals surface area (Å²) in [6.07, 6.45) is 0. The number of hydrogen-bond acceptors (Lipinski definition) is 1. The van der Waals surface area contributed by atoms with Crippen LogP contribution in [0.4, 0.5) is 0 Å². The van der Waals surface area contributed by atoms with Gasteiger partial charge in [-0.05, 0) is 26.0 Å². The molecule has 0 radical (unpaired) electrons. The van der Waals surface area contributed by atoms with Crippen LogP contribution < -0.4 is 4.74 Å². The van der Waals surface area contributed by atoms with Crippen LogP contribution in [0, 0.1) is 6.92 Å². The van der Waals surface area contributed by atoms with Gasteiger partial charge in [0, 0.05) is 11.1 Å². The molecule has 1 aromatic heterocycles. The minimum absolute atomic E-state index is 0.447. The van der Waals surface area contributed by atoms with E-state index in [9.17, 15) is 0 Å². The van der Waals surface area contributed by atoms with Gasteiger partial charge in [-0.15, -0.1) is 0 Å². The van der Waals surface area contributed by atoms with Gasteiger partial charge in [0.05, 0.1) is 11.6 Å². The molecule has 1 unspecified atom stereocenters. The number of ether oxygens (including phenoxy) is 1. The summed E-state index contributed by atoms with van der Waals surface area (Å²) >= 11 is 0. The van der Waals surface area contributed by atoms with E-state index in [4.69, 9.17) is 4.74 Å². The van der Waals surface area contributed by atoms with Crippen molar-refractivity contribution in [1.82, 2.24) is 4.57 Å². The predicted octanol–water partition coefficient (Wildman–Crippen LogP) is 2.90. The lowest BCUT2D eigenvalue weighted by Gasteiger charge is -2.24. The molecule has 2 nitrogen and oxygen atoms in total. The molecular formula is C12H13NO. The Hall–Kier alpha value is -1.44. The van der Waals surface area contributed by atoms with Crippen LogP contribution in [0.3, 0.4) is 0 Å². The van der Waals surface area contributed by atoms with Crippen molar-refractivity contribution in [2.24, 2.45) is 0 Å². The Bertz CT molecular complexity index is 498. The van der Waals surface area contributed by atoms with Crippen LogP contribution >= 0.6 is 0 Å². The highest BCUT2D eigenvalue weighted by atomic mass is 16.5. The highest BCUT2D eigenvalue weighted by Gasteiger charge is 2.20. The second-order valence-corrected chi connectivity index (χ2v) is 4.01. The molecule has 0 aliphatic carbocycles. The number of aryl methyl sites for hydroxylation is 1. The molecule has 0 fully saturated rings. The lowest BCUT2D eigenvalue weighted by molar-refractivity contribution is 0.246. The molecule has 3 rings (SSSR count). The second-order valence-electron chi connectivity index (χ2n) is 4.01. The van der Waals surface area contributed by atoms with E-state index in [1.165, 1.54) is 16.6 Å². The quantitative estimate of drug-likeness (QED) is 0.618. The smallest absolute Gasteiger partial charge is 0.143 e. The fourth-order valence-electron chi connectivity index (χ4n) is 2.35. The minimum Gasteiger partial charge on any atom is -0.489 e. The summed E-state index contributed by atoms with van der Waals surface area (Å²) in [5.74, 6) is 1.02. The first kappa shape index (κ1) is 7.92. The number of rotatable bonds is 0. The maximum absolute atomic E-state index is 5.70. The zero-order chi connectivity index (χ0) is 9.71. The van der Waals surface area contributed by atoms with Crippen molar-refractivity contribution >= 4 is 10.9 Å². The van der Waals surface area contributed by atoms with Gasteiger partial charge in [0.15, 0.2) is 0 Å². The molecular weight excluding hydrogens is 174 g/mol. The van der Waals surface area contributed by atoms with E-state index in [1.807, 2.05) is 6.07 Å². The van der Waals surface area contributed by atoms with Crippen LogP contribution in [0.15, 0.2) is 24.3 Å². The van der Waals surface area contributed by atoms with Crippen molar-refractivity contribution in [3.63, 3.8) is 0 Å². The summed E-state index contributed by atoms with van der Waals surface area (Å²) in [4.78, 5) is 0. The van der Waals surface area contributed by atoms with Gasteiger partial charge in [-0.1, -0.05) is 12.1 Å². The van der Waals surface area contributed by atoms with Crippen LogP contribution in [0.25, 0.3) is 10.9 Å². The zero-order valence-corrected chi connectivity index (χ0v) is 8.45. The molecule has 2 heteroatoms. The molecule has 72 valence electrons. The van der Waals surface area contributed by atoms with E-state index in [0.717, 1.165) is 12.4 Å². The van der Waals surface area contributed by atoms with Gasteiger partial charge in [0.1, 0.15) is 12.4 Å². The van der Waals surface area contributed by atoms with Crippen LogP contribution in [0.2, 0.25) is 0 Å². The molecule has 2 aromatic rings. The first-order valence-corrected chi connectivity index (χ1v) is 5.01. The molecule has 0 saturated carbocycles. The average molecular weight is 187 g/mol. The highest BCUT2D eigenvalue weighted by molar-refractivity contribution is 5.87. The largest absolute Gasteiger partial charge is 0.489 e. The van der Waals surface area contributed by atoms with Crippen LogP contribution in [-0.4, -0.2) is 11.2 Å². The van der Waals surface area contributed by atoms with Crippen molar-refractivity contribution in [2.75, 3.05) is 6.61 Å². The third kappa shape index (κ3) is 0.857. The van der Waals surface area contributed by atoms with Gasteiger partial charge in [-0.2, -0.15) is 0 Å². The molecule has 0 bridgehead atoms. The van der Waals surface area contributed by atoms with E-state index >= 15 is 0 Å². The maximum atomic E-state index is 5.70. The Labute approximate surface area is 83.1 Å².